The molecule has 0 aromatic carbocycles. The molecule has 0 heterocycles. The third kappa shape index (κ3) is 41.3. The van der Waals surface area contributed by atoms with E-state index in [2.05, 4.69) is 13.8 Å². The van der Waals surface area contributed by atoms with Crippen LogP contribution in [0, 0.1) is 0 Å². The normalized spacial score (nSPS) is 9.50. The van der Waals surface area contributed by atoms with E-state index in [1.54, 1.807) is 0 Å². The molecule has 0 saturated carbocycles. The van der Waals surface area contributed by atoms with Crippen molar-refractivity contribution in [1.82, 2.24) is 0 Å². The molecule has 0 aliphatic rings. The first-order valence-electron chi connectivity index (χ1n) is 10.9. The number of rotatable bonds is 18. The molecular weight excluding hydrogens is 374 g/mol. The molecule has 0 spiro atoms. The Morgan fingerprint density at radius 3 is 0.893 bits per heavy atom. The quantitative estimate of drug-likeness (QED) is 0.202. The second-order valence-corrected chi connectivity index (χ2v) is 7.19. The van der Waals surface area contributed by atoms with E-state index in [0.29, 0.717) is 0 Å². The van der Waals surface area contributed by atoms with Crippen LogP contribution in [0.3, 0.4) is 0 Å². The Hall–Kier alpha value is 0.940. The zero-order chi connectivity index (χ0) is 19.9. The van der Waals surface area contributed by atoms with E-state index in [4.69, 9.17) is 0 Å². The Morgan fingerprint density at radius 1 is 0.464 bits per heavy atom. The summed E-state index contributed by atoms with van der Waals surface area (Å²) in [5.41, 5.74) is 0. The largest absolute Gasteiger partial charge is 1.00 e. The SMILES string of the molecule is CCCCCCCCCC(=O)[O-].CCCCCCCCCCCC(=O)[O-].[Na+].[Na+]. The first-order valence-corrected chi connectivity index (χ1v) is 10.9. The monoisotopic (exact) mass is 416 g/mol. The van der Waals surface area contributed by atoms with Crippen molar-refractivity contribution in [2.75, 3.05) is 0 Å². The third-order valence-corrected chi connectivity index (χ3v) is 4.47. The van der Waals surface area contributed by atoms with Gasteiger partial charge in [0, 0.05) is 11.9 Å². The van der Waals surface area contributed by atoms with Crippen molar-refractivity contribution in [3.8, 4) is 0 Å². The number of carbonyl (C=O) groups is 2. The van der Waals surface area contributed by atoms with Gasteiger partial charge in [0.05, 0.1) is 0 Å². The van der Waals surface area contributed by atoms with Gasteiger partial charge in [0.15, 0.2) is 0 Å². The van der Waals surface area contributed by atoms with Crippen LogP contribution in [-0.2, 0) is 9.59 Å². The number of unbranched alkanes of at least 4 members (excludes halogenated alkanes) is 14. The van der Waals surface area contributed by atoms with Gasteiger partial charge in [-0.1, -0.05) is 104 Å². The van der Waals surface area contributed by atoms with Crippen LogP contribution in [0.4, 0.5) is 0 Å². The van der Waals surface area contributed by atoms with Crippen molar-refractivity contribution in [3.63, 3.8) is 0 Å². The van der Waals surface area contributed by atoms with E-state index in [9.17, 15) is 19.8 Å². The van der Waals surface area contributed by atoms with Gasteiger partial charge in [0.2, 0.25) is 0 Å². The number of carbonyl (C=O) groups excluding carboxylic acids is 2. The van der Waals surface area contributed by atoms with E-state index in [-0.39, 0.29) is 72.0 Å². The zero-order valence-corrected chi connectivity index (χ0v) is 23.4. The third-order valence-electron chi connectivity index (χ3n) is 4.47. The van der Waals surface area contributed by atoms with Gasteiger partial charge in [-0.15, -0.1) is 0 Å². The van der Waals surface area contributed by atoms with Crippen molar-refractivity contribution in [1.29, 1.82) is 0 Å². The molecule has 0 aliphatic carbocycles. The maximum Gasteiger partial charge on any atom is 1.00 e. The van der Waals surface area contributed by atoms with Gasteiger partial charge in [-0.2, -0.15) is 0 Å². The summed E-state index contributed by atoms with van der Waals surface area (Å²) in [5.74, 6) is -1.82. The van der Waals surface area contributed by atoms with Gasteiger partial charge < -0.3 is 19.8 Å². The molecule has 0 saturated heterocycles. The average molecular weight is 417 g/mol. The van der Waals surface area contributed by atoms with Crippen LogP contribution in [0.5, 0.6) is 0 Å². The van der Waals surface area contributed by atoms with Gasteiger partial charge >= 0.3 is 59.1 Å². The Bertz CT molecular complexity index is 313. The molecule has 28 heavy (non-hydrogen) atoms. The van der Waals surface area contributed by atoms with Crippen LogP contribution in [0.2, 0.25) is 0 Å². The van der Waals surface area contributed by atoms with Crippen LogP contribution in [0.1, 0.15) is 129 Å². The first-order chi connectivity index (χ1) is 12.5. The van der Waals surface area contributed by atoms with Gasteiger partial charge in [-0.25, -0.2) is 0 Å². The van der Waals surface area contributed by atoms with Crippen LogP contribution in [0.15, 0.2) is 0 Å². The predicted molar refractivity (Wildman–Crippen MR) is 104 cm³/mol. The second kappa shape index (κ2) is 32.6. The fourth-order valence-corrected chi connectivity index (χ4v) is 2.81. The second-order valence-electron chi connectivity index (χ2n) is 7.19. The number of hydrogen-bond acceptors (Lipinski definition) is 4. The van der Waals surface area contributed by atoms with E-state index in [1.807, 2.05) is 0 Å². The summed E-state index contributed by atoms with van der Waals surface area (Å²) >= 11 is 0. The minimum absolute atomic E-state index is 0. The molecule has 0 amide bonds. The van der Waals surface area contributed by atoms with Crippen molar-refractivity contribution in [2.45, 2.75) is 129 Å². The smallest absolute Gasteiger partial charge is 0.550 e. The van der Waals surface area contributed by atoms with Crippen LogP contribution in [0.25, 0.3) is 0 Å². The summed E-state index contributed by atoms with van der Waals surface area (Å²) in [6.07, 6.45) is 19.5. The molecule has 0 bridgehead atoms. The Kier molecular flexibility index (Phi) is 42.3. The zero-order valence-electron chi connectivity index (χ0n) is 19.4. The summed E-state index contributed by atoms with van der Waals surface area (Å²) in [6.45, 7) is 4.41. The fraction of sp³-hybridized carbons (Fsp3) is 0.909. The fourth-order valence-electron chi connectivity index (χ4n) is 2.81. The number of aliphatic carboxylic acids is 2. The molecule has 0 radical (unpaired) electrons. The van der Waals surface area contributed by atoms with Crippen molar-refractivity contribution >= 4 is 11.9 Å². The summed E-state index contributed by atoms with van der Waals surface area (Å²) in [7, 11) is 0. The molecule has 6 heteroatoms. The topological polar surface area (TPSA) is 80.3 Å². The molecule has 0 N–H and O–H groups in total. The number of carboxylic acids is 2. The van der Waals surface area contributed by atoms with E-state index < -0.39 is 11.9 Å². The predicted octanol–water partition coefficient (Wildman–Crippen LogP) is -1.46. The van der Waals surface area contributed by atoms with Crippen molar-refractivity contribution < 1.29 is 78.9 Å². The maximum absolute atomic E-state index is 10.1. The van der Waals surface area contributed by atoms with Gasteiger partial charge in [0.25, 0.3) is 0 Å². The van der Waals surface area contributed by atoms with Crippen molar-refractivity contribution in [3.05, 3.63) is 0 Å². The van der Waals surface area contributed by atoms with Crippen LogP contribution < -0.4 is 69.3 Å². The van der Waals surface area contributed by atoms with E-state index >= 15 is 0 Å². The molecule has 0 atom stereocenters. The Morgan fingerprint density at radius 2 is 0.679 bits per heavy atom. The standard InChI is InChI=1S/C12H24O2.C10H20O2.2Na/c1-2-3-4-5-6-7-8-9-10-11-12(13)14;1-2-3-4-5-6-7-8-9-10(11)12;;/h2-11H2,1H3,(H,13,14);2-9H2,1H3,(H,11,12);;/q;;2*+1/p-2. The minimum Gasteiger partial charge on any atom is -0.550 e. The van der Waals surface area contributed by atoms with Gasteiger partial charge in [-0.05, 0) is 25.7 Å². The molecule has 0 fully saturated rings. The average Bonchev–Trinajstić information content (AvgIpc) is 2.59. The van der Waals surface area contributed by atoms with Crippen molar-refractivity contribution in [2.24, 2.45) is 0 Å². The molecule has 0 unspecified atom stereocenters. The van der Waals surface area contributed by atoms with Crippen LogP contribution in [-0.4, -0.2) is 11.9 Å². The maximum atomic E-state index is 10.1. The molecule has 0 aliphatic heterocycles. The molecule has 0 rings (SSSR count). The van der Waals surface area contributed by atoms with Gasteiger partial charge in [0.1, 0.15) is 0 Å². The first kappa shape index (κ1) is 36.3. The summed E-state index contributed by atoms with van der Waals surface area (Å²) in [6, 6.07) is 0. The minimum atomic E-state index is -0.913. The number of carboxylic acid groups (broad SMARTS) is 2. The Labute approximate surface area is 218 Å². The summed E-state index contributed by atoms with van der Waals surface area (Å²) in [5, 5.41) is 20.1. The molecule has 0 aromatic heterocycles. The summed E-state index contributed by atoms with van der Waals surface area (Å²) < 4.78 is 0. The van der Waals surface area contributed by atoms with E-state index in [0.717, 1.165) is 25.7 Å². The van der Waals surface area contributed by atoms with E-state index in [1.165, 1.54) is 77.0 Å². The molecule has 156 valence electrons. The van der Waals surface area contributed by atoms with Gasteiger partial charge in [-0.3, -0.25) is 0 Å². The Balaban J connectivity index is -0.000000194. The van der Waals surface area contributed by atoms with Crippen LogP contribution >= 0.6 is 0 Å². The molecular formula is C22H42Na2O4. The molecule has 0 aromatic rings. The number of hydrogen-bond donors (Lipinski definition) is 0. The molecule has 4 nitrogen and oxygen atoms in total. The summed E-state index contributed by atoms with van der Waals surface area (Å²) in [4.78, 5) is 20.1.